The van der Waals surface area contributed by atoms with Crippen molar-refractivity contribution in [1.29, 1.82) is 0 Å². The minimum absolute atomic E-state index is 0.312. The van der Waals surface area contributed by atoms with E-state index in [-0.39, 0.29) is 11.2 Å². The molecule has 4 aliphatic rings. The van der Waals surface area contributed by atoms with E-state index in [4.69, 9.17) is 14.2 Å². The SMILES string of the molecule is C[C@]12C=C3C4(CCC[C@]3(O1)c1ccccc12)OCCO4. The Labute approximate surface area is 118 Å². The lowest BCUT2D eigenvalue weighted by atomic mass is 9.68. The highest BCUT2D eigenvalue weighted by Gasteiger charge is 2.65. The van der Waals surface area contributed by atoms with Gasteiger partial charge in [0.1, 0.15) is 11.2 Å². The van der Waals surface area contributed by atoms with Crippen LogP contribution in [0, 0.1) is 0 Å². The standard InChI is InChI=1S/C17H18O3/c1-15-11-14-16(20-15,13-6-3-2-5-12(13)15)7-4-8-17(14)18-9-10-19-17/h2-3,5-6,11H,4,7-10H2,1H3/t15-,16+/m1/s1. The number of hydrogen-bond acceptors (Lipinski definition) is 3. The Morgan fingerprint density at radius 1 is 1.00 bits per heavy atom. The third kappa shape index (κ3) is 1.10. The first-order valence-corrected chi connectivity index (χ1v) is 7.51. The highest BCUT2D eigenvalue weighted by atomic mass is 16.7. The molecule has 3 heterocycles. The van der Waals surface area contributed by atoms with Gasteiger partial charge in [-0.25, -0.2) is 0 Å². The molecule has 2 fully saturated rings. The summed E-state index contributed by atoms with van der Waals surface area (Å²) in [5, 5.41) is 0. The third-order valence-corrected chi connectivity index (χ3v) is 5.34. The molecule has 5 rings (SSSR count). The maximum atomic E-state index is 6.56. The van der Waals surface area contributed by atoms with Crippen LogP contribution in [0.5, 0.6) is 0 Å². The molecule has 104 valence electrons. The van der Waals surface area contributed by atoms with E-state index in [9.17, 15) is 0 Å². The Bertz CT molecular complexity index is 629. The zero-order valence-electron chi connectivity index (χ0n) is 11.6. The summed E-state index contributed by atoms with van der Waals surface area (Å²) in [6, 6.07) is 8.60. The maximum Gasteiger partial charge on any atom is 0.194 e. The van der Waals surface area contributed by atoms with Crippen LogP contribution in [0.15, 0.2) is 35.9 Å². The first-order chi connectivity index (χ1) is 9.69. The van der Waals surface area contributed by atoms with Crippen molar-refractivity contribution < 1.29 is 14.2 Å². The van der Waals surface area contributed by atoms with Crippen LogP contribution in [0.1, 0.15) is 37.3 Å². The monoisotopic (exact) mass is 270 g/mol. The van der Waals surface area contributed by atoms with Gasteiger partial charge in [-0.05, 0) is 37.0 Å². The van der Waals surface area contributed by atoms with Crippen LogP contribution < -0.4 is 0 Å². The molecule has 1 aromatic carbocycles. The molecule has 3 nitrogen and oxygen atoms in total. The fraction of sp³-hybridized carbons (Fsp3) is 0.529. The van der Waals surface area contributed by atoms with E-state index in [2.05, 4.69) is 37.3 Å². The van der Waals surface area contributed by atoms with Crippen LogP contribution in [0.2, 0.25) is 0 Å². The minimum atomic E-state index is -0.524. The van der Waals surface area contributed by atoms with E-state index >= 15 is 0 Å². The average Bonchev–Trinajstić information content (AvgIpc) is 3.10. The summed E-state index contributed by atoms with van der Waals surface area (Å²) in [6.07, 6.45) is 5.31. The molecule has 0 unspecified atom stereocenters. The fourth-order valence-corrected chi connectivity index (χ4v) is 4.64. The fourth-order valence-electron chi connectivity index (χ4n) is 4.64. The molecule has 20 heavy (non-hydrogen) atoms. The largest absolute Gasteiger partial charge is 0.351 e. The summed E-state index contributed by atoms with van der Waals surface area (Å²) in [7, 11) is 0. The van der Waals surface area contributed by atoms with Crippen LogP contribution in [-0.2, 0) is 25.4 Å². The van der Waals surface area contributed by atoms with E-state index in [1.165, 1.54) is 16.7 Å². The summed E-state index contributed by atoms with van der Waals surface area (Å²) in [5.74, 6) is -0.524. The Morgan fingerprint density at radius 3 is 2.55 bits per heavy atom. The van der Waals surface area contributed by atoms with Gasteiger partial charge in [0.05, 0.1) is 13.2 Å². The van der Waals surface area contributed by atoms with Gasteiger partial charge in [0, 0.05) is 12.0 Å². The van der Waals surface area contributed by atoms with Gasteiger partial charge in [0.2, 0.25) is 0 Å². The molecular formula is C17H18O3. The molecule has 2 bridgehead atoms. The summed E-state index contributed by atoms with van der Waals surface area (Å²) in [5.41, 5.74) is 3.21. The molecule has 0 aromatic heterocycles. The quantitative estimate of drug-likeness (QED) is 0.678. The number of fused-ring (bicyclic) bond motifs is 4. The van der Waals surface area contributed by atoms with Gasteiger partial charge in [-0.15, -0.1) is 0 Å². The molecule has 0 N–H and O–H groups in total. The second kappa shape index (κ2) is 3.35. The molecule has 0 amide bonds. The van der Waals surface area contributed by atoms with Gasteiger partial charge in [-0.1, -0.05) is 24.3 Å². The van der Waals surface area contributed by atoms with Gasteiger partial charge in [-0.2, -0.15) is 0 Å². The normalized spacial score (nSPS) is 39.8. The van der Waals surface area contributed by atoms with E-state index < -0.39 is 5.79 Å². The molecule has 1 saturated heterocycles. The highest BCUT2D eigenvalue weighted by Crippen LogP contribution is 2.65. The first-order valence-electron chi connectivity index (χ1n) is 7.51. The lowest BCUT2D eigenvalue weighted by Crippen LogP contribution is -2.46. The maximum absolute atomic E-state index is 6.56. The predicted octanol–water partition coefficient (Wildman–Crippen LogP) is 2.99. The topological polar surface area (TPSA) is 27.7 Å². The van der Waals surface area contributed by atoms with Crippen molar-refractivity contribution in [1.82, 2.24) is 0 Å². The van der Waals surface area contributed by atoms with Crippen molar-refractivity contribution in [2.75, 3.05) is 13.2 Å². The second-order valence-corrected chi connectivity index (χ2v) is 6.44. The Kier molecular flexibility index (Phi) is 1.93. The van der Waals surface area contributed by atoms with Gasteiger partial charge in [-0.3, -0.25) is 0 Å². The van der Waals surface area contributed by atoms with Crippen molar-refractivity contribution in [2.24, 2.45) is 0 Å². The van der Waals surface area contributed by atoms with Gasteiger partial charge >= 0.3 is 0 Å². The Hall–Kier alpha value is -1.16. The Balaban J connectivity index is 1.76. The molecule has 2 atom stereocenters. The predicted molar refractivity (Wildman–Crippen MR) is 73.1 cm³/mol. The summed E-state index contributed by atoms with van der Waals surface area (Å²) in [4.78, 5) is 0. The smallest absolute Gasteiger partial charge is 0.194 e. The van der Waals surface area contributed by atoms with Gasteiger partial charge in [0.15, 0.2) is 5.79 Å². The van der Waals surface area contributed by atoms with Crippen LogP contribution in [0.4, 0.5) is 0 Å². The van der Waals surface area contributed by atoms with E-state index in [1.807, 2.05) is 0 Å². The van der Waals surface area contributed by atoms with Crippen molar-refractivity contribution in [2.45, 2.75) is 43.2 Å². The lowest BCUT2D eigenvalue weighted by Gasteiger charge is -2.43. The van der Waals surface area contributed by atoms with Crippen LogP contribution in [-0.4, -0.2) is 19.0 Å². The van der Waals surface area contributed by atoms with Crippen molar-refractivity contribution >= 4 is 0 Å². The van der Waals surface area contributed by atoms with Gasteiger partial charge in [0.25, 0.3) is 0 Å². The zero-order valence-corrected chi connectivity index (χ0v) is 11.6. The molecule has 1 aliphatic carbocycles. The van der Waals surface area contributed by atoms with Gasteiger partial charge < -0.3 is 14.2 Å². The van der Waals surface area contributed by atoms with Crippen LogP contribution in [0.25, 0.3) is 0 Å². The molecule has 3 aliphatic heterocycles. The van der Waals surface area contributed by atoms with E-state index in [1.54, 1.807) is 0 Å². The van der Waals surface area contributed by atoms with Crippen molar-refractivity contribution in [3.05, 3.63) is 47.0 Å². The Morgan fingerprint density at radius 2 is 1.75 bits per heavy atom. The second-order valence-electron chi connectivity index (χ2n) is 6.44. The van der Waals surface area contributed by atoms with Crippen molar-refractivity contribution in [3.8, 4) is 0 Å². The molecule has 1 aromatic rings. The molecule has 2 spiro atoms. The third-order valence-electron chi connectivity index (χ3n) is 5.34. The molecule has 0 radical (unpaired) electrons. The summed E-state index contributed by atoms with van der Waals surface area (Å²) in [6.45, 7) is 3.53. The minimum Gasteiger partial charge on any atom is -0.351 e. The van der Waals surface area contributed by atoms with Crippen molar-refractivity contribution in [3.63, 3.8) is 0 Å². The average molecular weight is 270 g/mol. The highest BCUT2D eigenvalue weighted by molar-refractivity contribution is 5.56. The molecular weight excluding hydrogens is 252 g/mol. The first kappa shape index (κ1) is 11.5. The zero-order chi connectivity index (χ0) is 13.4. The summed E-state index contributed by atoms with van der Waals surface area (Å²) >= 11 is 0. The van der Waals surface area contributed by atoms with Crippen LogP contribution in [0.3, 0.4) is 0 Å². The van der Waals surface area contributed by atoms with E-state index in [0.717, 1.165) is 19.3 Å². The van der Waals surface area contributed by atoms with Crippen LogP contribution >= 0.6 is 0 Å². The molecule has 1 saturated carbocycles. The lowest BCUT2D eigenvalue weighted by molar-refractivity contribution is -0.178. The number of hydrogen-bond donors (Lipinski definition) is 0. The van der Waals surface area contributed by atoms with E-state index in [0.29, 0.717) is 13.2 Å². The number of ether oxygens (including phenoxy) is 3. The summed E-state index contributed by atoms with van der Waals surface area (Å²) < 4.78 is 18.6. The number of rotatable bonds is 0. The molecule has 3 heteroatoms. The number of benzene rings is 1.